The van der Waals surface area contributed by atoms with E-state index in [1.807, 2.05) is 0 Å². The van der Waals surface area contributed by atoms with Crippen LogP contribution in [0.4, 0.5) is 10.1 Å². The van der Waals surface area contributed by atoms with Crippen LogP contribution in [0.25, 0.3) is 0 Å². The number of rotatable bonds is 3. The van der Waals surface area contributed by atoms with Gasteiger partial charge in [-0.3, -0.25) is 0 Å². The number of halogens is 1. The minimum absolute atomic E-state index is 0.126. The summed E-state index contributed by atoms with van der Waals surface area (Å²) in [4.78, 5) is 0. The predicted molar refractivity (Wildman–Crippen MR) is 46.5 cm³/mol. The SMILES string of the molecule is C=CCOc1ccc(N)c(F)c1. The molecule has 0 unspecified atom stereocenters. The lowest BCUT2D eigenvalue weighted by Crippen LogP contribution is -1.95. The van der Waals surface area contributed by atoms with Crippen LogP contribution in [0.1, 0.15) is 0 Å². The summed E-state index contributed by atoms with van der Waals surface area (Å²) in [5.74, 6) is -0.00170. The summed E-state index contributed by atoms with van der Waals surface area (Å²) in [6.45, 7) is 3.84. The molecule has 64 valence electrons. The first-order valence-electron chi connectivity index (χ1n) is 3.52. The van der Waals surface area contributed by atoms with Gasteiger partial charge in [0.25, 0.3) is 0 Å². The van der Waals surface area contributed by atoms with Gasteiger partial charge in [-0.25, -0.2) is 4.39 Å². The molecular formula is C9H10FNO. The van der Waals surface area contributed by atoms with Crippen molar-refractivity contribution in [1.82, 2.24) is 0 Å². The molecule has 12 heavy (non-hydrogen) atoms. The highest BCUT2D eigenvalue weighted by atomic mass is 19.1. The molecule has 0 saturated carbocycles. The number of hydrogen-bond acceptors (Lipinski definition) is 2. The van der Waals surface area contributed by atoms with E-state index >= 15 is 0 Å². The highest BCUT2D eigenvalue weighted by molar-refractivity contribution is 5.43. The van der Waals surface area contributed by atoms with Crippen LogP contribution in [0, 0.1) is 5.82 Å². The van der Waals surface area contributed by atoms with Crippen LogP contribution in [0.15, 0.2) is 30.9 Å². The Labute approximate surface area is 70.5 Å². The van der Waals surface area contributed by atoms with E-state index in [0.29, 0.717) is 12.4 Å². The van der Waals surface area contributed by atoms with Crippen molar-refractivity contribution >= 4 is 5.69 Å². The average molecular weight is 167 g/mol. The van der Waals surface area contributed by atoms with Crippen molar-refractivity contribution in [3.8, 4) is 5.75 Å². The smallest absolute Gasteiger partial charge is 0.149 e. The van der Waals surface area contributed by atoms with Gasteiger partial charge in [-0.05, 0) is 12.1 Å². The standard InChI is InChI=1S/C9H10FNO/c1-2-5-12-7-3-4-9(11)8(10)6-7/h2-4,6H,1,5,11H2. The molecule has 2 N–H and O–H groups in total. The van der Waals surface area contributed by atoms with E-state index in [0.717, 1.165) is 0 Å². The van der Waals surface area contributed by atoms with E-state index in [1.165, 1.54) is 12.1 Å². The molecule has 0 bridgehead atoms. The van der Waals surface area contributed by atoms with E-state index < -0.39 is 5.82 Å². The molecule has 0 aliphatic rings. The van der Waals surface area contributed by atoms with Gasteiger partial charge in [-0.15, -0.1) is 0 Å². The third-order valence-corrected chi connectivity index (χ3v) is 1.34. The maximum absolute atomic E-state index is 12.8. The third-order valence-electron chi connectivity index (χ3n) is 1.34. The van der Waals surface area contributed by atoms with E-state index in [-0.39, 0.29) is 5.69 Å². The predicted octanol–water partition coefficient (Wildman–Crippen LogP) is 1.97. The van der Waals surface area contributed by atoms with Gasteiger partial charge < -0.3 is 10.5 Å². The summed E-state index contributed by atoms with van der Waals surface area (Å²) < 4.78 is 17.9. The highest BCUT2D eigenvalue weighted by Crippen LogP contribution is 2.17. The fraction of sp³-hybridized carbons (Fsp3) is 0.111. The zero-order valence-corrected chi connectivity index (χ0v) is 6.59. The minimum atomic E-state index is -0.462. The molecule has 0 spiro atoms. The Bertz CT molecular complexity index is 286. The van der Waals surface area contributed by atoms with Gasteiger partial charge in [0.1, 0.15) is 18.2 Å². The van der Waals surface area contributed by atoms with Crippen LogP contribution in [-0.4, -0.2) is 6.61 Å². The molecule has 1 aromatic rings. The maximum Gasteiger partial charge on any atom is 0.149 e. The molecule has 0 amide bonds. The van der Waals surface area contributed by atoms with Gasteiger partial charge in [0.15, 0.2) is 0 Å². The van der Waals surface area contributed by atoms with Crippen molar-refractivity contribution in [2.75, 3.05) is 12.3 Å². The van der Waals surface area contributed by atoms with Gasteiger partial charge in [-0.1, -0.05) is 12.7 Å². The zero-order valence-electron chi connectivity index (χ0n) is 6.59. The number of hydrogen-bond donors (Lipinski definition) is 1. The fourth-order valence-corrected chi connectivity index (χ4v) is 0.753. The first kappa shape index (κ1) is 8.59. The van der Waals surface area contributed by atoms with Crippen LogP contribution < -0.4 is 10.5 Å². The topological polar surface area (TPSA) is 35.2 Å². The number of ether oxygens (including phenoxy) is 1. The van der Waals surface area contributed by atoms with Gasteiger partial charge in [-0.2, -0.15) is 0 Å². The summed E-state index contributed by atoms with van der Waals surface area (Å²) in [5, 5.41) is 0. The summed E-state index contributed by atoms with van der Waals surface area (Å²) in [5.41, 5.74) is 5.39. The van der Waals surface area contributed by atoms with Crippen molar-refractivity contribution in [1.29, 1.82) is 0 Å². The van der Waals surface area contributed by atoms with Crippen molar-refractivity contribution in [2.24, 2.45) is 0 Å². The molecule has 0 aliphatic heterocycles. The molecule has 0 aliphatic carbocycles. The first-order chi connectivity index (χ1) is 5.74. The third kappa shape index (κ3) is 1.99. The molecule has 0 heterocycles. The van der Waals surface area contributed by atoms with E-state index in [1.54, 1.807) is 12.1 Å². The van der Waals surface area contributed by atoms with Crippen LogP contribution in [-0.2, 0) is 0 Å². The number of nitrogens with two attached hydrogens (primary N) is 1. The molecule has 1 rings (SSSR count). The Morgan fingerprint density at radius 1 is 1.58 bits per heavy atom. The second-order valence-electron chi connectivity index (χ2n) is 2.28. The van der Waals surface area contributed by atoms with Crippen molar-refractivity contribution in [3.63, 3.8) is 0 Å². The summed E-state index contributed by atoms with van der Waals surface area (Å²) in [6, 6.07) is 4.33. The van der Waals surface area contributed by atoms with Crippen molar-refractivity contribution < 1.29 is 9.13 Å². The second kappa shape index (κ2) is 3.76. The molecule has 0 atom stereocenters. The van der Waals surface area contributed by atoms with Crippen LogP contribution >= 0.6 is 0 Å². The summed E-state index contributed by atoms with van der Waals surface area (Å²) >= 11 is 0. The van der Waals surface area contributed by atoms with Crippen LogP contribution in [0.3, 0.4) is 0 Å². The minimum Gasteiger partial charge on any atom is -0.489 e. The number of nitrogen functional groups attached to an aromatic ring is 1. The Morgan fingerprint density at radius 3 is 2.92 bits per heavy atom. The van der Waals surface area contributed by atoms with Gasteiger partial charge in [0, 0.05) is 6.07 Å². The van der Waals surface area contributed by atoms with Crippen molar-refractivity contribution in [3.05, 3.63) is 36.7 Å². The quantitative estimate of drug-likeness (QED) is 0.551. The lowest BCUT2D eigenvalue weighted by Gasteiger charge is -2.03. The lowest BCUT2D eigenvalue weighted by atomic mass is 10.3. The monoisotopic (exact) mass is 167 g/mol. The Kier molecular flexibility index (Phi) is 2.69. The Morgan fingerprint density at radius 2 is 2.33 bits per heavy atom. The van der Waals surface area contributed by atoms with Crippen LogP contribution in [0.5, 0.6) is 5.75 Å². The molecule has 1 aromatic carbocycles. The first-order valence-corrected chi connectivity index (χ1v) is 3.52. The molecule has 0 saturated heterocycles. The molecule has 0 radical (unpaired) electrons. The lowest BCUT2D eigenvalue weighted by molar-refractivity contribution is 0.361. The van der Waals surface area contributed by atoms with Crippen LogP contribution in [0.2, 0.25) is 0 Å². The summed E-state index contributed by atoms with van der Waals surface area (Å²) in [7, 11) is 0. The van der Waals surface area contributed by atoms with Gasteiger partial charge in [0.2, 0.25) is 0 Å². The van der Waals surface area contributed by atoms with E-state index in [2.05, 4.69) is 6.58 Å². The van der Waals surface area contributed by atoms with Crippen molar-refractivity contribution in [2.45, 2.75) is 0 Å². The molecule has 3 heteroatoms. The Balaban J connectivity index is 2.75. The molecule has 2 nitrogen and oxygen atoms in total. The second-order valence-corrected chi connectivity index (χ2v) is 2.28. The van der Waals surface area contributed by atoms with Gasteiger partial charge in [0.05, 0.1) is 5.69 Å². The highest BCUT2D eigenvalue weighted by Gasteiger charge is 1.99. The summed E-state index contributed by atoms with van der Waals surface area (Å²) in [6.07, 6.45) is 1.59. The average Bonchev–Trinajstić information content (AvgIpc) is 2.07. The molecule has 0 fully saturated rings. The zero-order chi connectivity index (χ0) is 8.97. The normalized spacial score (nSPS) is 9.42. The largest absolute Gasteiger partial charge is 0.489 e. The number of benzene rings is 1. The Hall–Kier alpha value is -1.51. The van der Waals surface area contributed by atoms with E-state index in [4.69, 9.17) is 10.5 Å². The van der Waals surface area contributed by atoms with E-state index in [9.17, 15) is 4.39 Å². The molecule has 0 aromatic heterocycles. The van der Waals surface area contributed by atoms with Gasteiger partial charge >= 0.3 is 0 Å². The number of anilines is 1. The fourth-order valence-electron chi connectivity index (χ4n) is 0.753. The maximum atomic E-state index is 12.8. The molecular weight excluding hydrogens is 157 g/mol.